The summed E-state index contributed by atoms with van der Waals surface area (Å²) in [6, 6.07) is 24.6. The van der Waals surface area contributed by atoms with Crippen molar-refractivity contribution in [2.75, 3.05) is 0 Å². The molecule has 2 heterocycles. The minimum absolute atomic E-state index is 0.272. The lowest BCUT2D eigenvalue weighted by atomic mass is 10.1. The fourth-order valence-electron chi connectivity index (χ4n) is 2.99. The average molecular weight is 366 g/mol. The molecule has 0 atom stereocenters. The van der Waals surface area contributed by atoms with Crippen molar-refractivity contribution >= 4 is 29.0 Å². The van der Waals surface area contributed by atoms with Crippen LogP contribution in [0.3, 0.4) is 0 Å². The zero-order valence-electron chi connectivity index (χ0n) is 14.7. The van der Waals surface area contributed by atoms with Gasteiger partial charge in [-0.15, -0.1) is 0 Å². The smallest absolute Gasteiger partial charge is 0.363 e. The molecule has 1 aliphatic heterocycles. The summed E-state index contributed by atoms with van der Waals surface area (Å²) in [6.07, 6.45) is 1.70. The van der Waals surface area contributed by atoms with Crippen molar-refractivity contribution in [3.05, 3.63) is 95.7 Å². The lowest BCUT2D eigenvalue weighted by molar-refractivity contribution is -0.129. The number of ether oxygens (including phenoxy) is 1. The van der Waals surface area contributed by atoms with E-state index in [0.29, 0.717) is 11.8 Å². The van der Waals surface area contributed by atoms with Crippen molar-refractivity contribution in [3.8, 4) is 11.5 Å². The third kappa shape index (κ3) is 2.99. The zero-order valence-corrected chi connectivity index (χ0v) is 14.7. The number of hydrogen-bond donors (Lipinski definition) is 0. The molecule has 0 saturated heterocycles. The maximum atomic E-state index is 12.1. The molecule has 0 unspecified atom stereocenters. The molecule has 0 aliphatic carbocycles. The van der Waals surface area contributed by atoms with Crippen LogP contribution in [0.15, 0.2) is 94.0 Å². The second-order valence-electron chi connectivity index (χ2n) is 6.31. The molecule has 0 saturated carbocycles. The highest BCUT2D eigenvalue weighted by Crippen LogP contribution is 2.25. The van der Waals surface area contributed by atoms with Crippen LogP contribution in [0.25, 0.3) is 28.6 Å². The first-order valence-corrected chi connectivity index (χ1v) is 8.80. The number of esters is 1. The van der Waals surface area contributed by atoms with Gasteiger partial charge >= 0.3 is 5.97 Å². The van der Waals surface area contributed by atoms with E-state index in [1.807, 2.05) is 78.9 Å². The summed E-state index contributed by atoms with van der Waals surface area (Å²) in [7, 11) is 0. The third-order valence-electron chi connectivity index (χ3n) is 4.40. The zero-order chi connectivity index (χ0) is 18.9. The molecule has 1 aromatic heterocycles. The molecule has 134 valence electrons. The van der Waals surface area contributed by atoms with Crippen molar-refractivity contribution in [1.29, 1.82) is 0 Å². The summed E-state index contributed by atoms with van der Waals surface area (Å²) >= 11 is 0. The standard InChI is InChI=1S/C23H14N2O3/c26-23-19(25-22(28-23)16-6-2-1-3-7-16)14-15-10-12-17(13-11-15)21-24-18-8-4-5-9-20(18)27-21/h1-14H/b19-14+. The number of nitrogens with zero attached hydrogens (tertiary/aromatic N) is 2. The summed E-state index contributed by atoms with van der Waals surface area (Å²) in [6.45, 7) is 0. The molecule has 0 amide bonds. The van der Waals surface area contributed by atoms with Crippen molar-refractivity contribution in [2.24, 2.45) is 4.99 Å². The average Bonchev–Trinajstić information content (AvgIpc) is 3.33. The quantitative estimate of drug-likeness (QED) is 0.384. The first-order chi connectivity index (χ1) is 13.8. The van der Waals surface area contributed by atoms with E-state index in [1.165, 1.54) is 0 Å². The number of fused-ring (bicyclic) bond motifs is 1. The van der Waals surface area contributed by atoms with E-state index in [9.17, 15) is 4.79 Å². The Labute approximate surface area is 160 Å². The lowest BCUT2D eigenvalue weighted by Gasteiger charge is -1.97. The van der Waals surface area contributed by atoms with E-state index in [0.717, 1.165) is 27.8 Å². The highest BCUT2D eigenvalue weighted by Gasteiger charge is 2.23. The molecule has 28 heavy (non-hydrogen) atoms. The van der Waals surface area contributed by atoms with Gasteiger partial charge in [0.25, 0.3) is 0 Å². The Kier molecular flexibility index (Phi) is 3.84. The van der Waals surface area contributed by atoms with Crippen LogP contribution in [0.2, 0.25) is 0 Å². The van der Waals surface area contributed by atoms with Crippen molar-refractivity contribution in [2.45, 2.75) is 0 Å². The molecule has 0 spiro atoms. The topological polar surface area (TPSA) is 64.7 Å². The predicted molar refractivity (Wildman–Crippen MR) is 106 cm³/mol. The van der Waals surface area contributed by atoms with Gasteiger partial charge in [0.2, 0.25) is 11.8 Å². The number of cyclic esters (lactones) is 1. The van der Waals surface area contributed by atoms with Gasteiger partial charge in [-0.05, 0) is 48.0 Å². The molecule has 0 N–H and O–H groups in total. The second kappa shape index (κ2) is 6.63. The number of aliphatic imine (C=N–C) groups is 1. The Morgan fingerprint density at radius 1 is 0.786 bits per heavy atom. The molecule has 5 rings (SSSR count). The van der Waals surface area contributed by atoms with Crippen LogP contribution in [-0.4, -0.2) is 16.9 Å². The molecule has 4 aromatic rings. The van der Waals surface area contributed by atoms with Crippen molar-refractivity contribution in [1.82, 2.24) is 4.98 Å². The second-order valence-corrected chi connectivity index (χ2v) is 6.31. The first-order valence-electron chi connectivity index (χ1n) is 8.80. The highest BCUT2D eigenvalue weighted by atomic mass is 16.6. The molecular formula is C23H14N2O3. The Balaban J connectivity index is 1.43. The van der Waals surface area contributed by atoms with Crippen LogP contribution in [0.1, 0.15) is 11.1 Å². The fraction of sp³-hybridized carbons (Fsp3) is 0. The molecule has 0 bridgehead atoms. The number of oxazole rings is 1. The van der Waals surface area contributed by atoms with Gasteiger partial charge < -0.3 is 9.15 Å². The van der Waals surface area contributed by atoms with E-state index >= 15 is 0 Å². The van der Waals surface area contributed by atoms with Crippen LogP contribution >= 0.6 is 0 Å². The summed E-state index contributed by atoms with van der Waals surface area (Å²) in [5.74, 6) is 0.423. The highest BCUT2D eigenvalue weighted by molar-refractivity contribution is 6.12. The number of carbonyl (C=O) groups is 1. The fourth-order valence-corrected chi connectivity index (χ4v) is 2.99. The Bertz CT molecular complexity index is 1200. The molecule has 0 fully saturated rings. The van der Waals surface area contributed by atoms with Gasteiger partial charge in [0.05, 0.1) is 0 Å². The molecule has 5 heteroatoms. The van der Waals surface area contributed by atoms with E-state index in [4.69, 9.17) is 9.15 Å². The number of benzene rings is 3. The molecule has 5 nitrogen and oxygen atoms in total. The number of rotatable bonds is 3. The van der Waals surface area contributed by atoms with Crippen LogP contribution in [0, 0.1) is 0 Å². The summed E-state index contributed by atoms with van der Waals surface area (Å²) in [5.41, 5.74) is 4.31. The molecule has 0 radical (unpaired) electrons. The van der Waals surface area contributed by atoms with Gasteiger partial charge in [0, 0.05) is 11.1 Å². The van der Waals surface area contributed by atoms with Gasteiger partial charge in [-0.2, -0.15) is 0 Å². The molecule has 3 aromatic carbocycles. The first kappa shape index (κ1) is 16.2. The largest absolute Gasteiger partial charge is 0.436 e. The summed E-state index contributed by atoms with van der Waals surface area (Å²) < 4.78 is 11.1. The SMILES string of the molecule is O=C1OC(c2ccccc2)=N/C1=C/c1ccc(-c2nc3ccccc3o2)cc1. The minimum Gasteiger partial charge on any atom is -0.436 e. The normalized spacial score (nSPS) is 15.1. The van der Waals surface area contributed by atoms with Crippen LogP contribution in [-0.2, 0) is 9.53 Å². The minimum atomic E-state index is -0.457. The Morgan fingerprint density at radius 3 is 2.32 bits per heavy atom. The van der Waals surface area contributed by atoms with E-state index in [-0.39, 0.29) is 5.70 Å². The Hall–Kier alpha value is -3.99. The van der Waals surface area contributed by atoms with Crippen LogP contribution in [0.4, 0.5) is 0 Å². The van der Waals surface area contributed by atoms with E-state index in [2.05, 4.69) is 9.98 Å². The maximum Gasteiger partial charge on any atom is 0.363 e. The van der Waals surface area contributed by atoms with Gasteiger partial charge in [-0.25, -0.2) is 14.8 Å². The third-order valence-corrected chi connectivity index (χ3v) is 4.40. The van der Waals surface area contributed by atoms with Crippen molar-refractivity contribution in [3.63, 3.8) is 0 Å². The number of aromatic nitrogens is 1. The van der Waals surface area contributed by atoms with Crippen molar-refractivity contribution < 1.29 is 13.9 Å². The number of carbonyl (C=O) groups excluding carboxylic acids is 1. The monoisotopic (exact) mass is 366 g/mol. The van der Waals surface area contributed by atoms with Gasteiger partial charge in [0.15, 0.2) is 11.3 Å². The maximum absolute atomic E-state index is 12.1. The summed E-state index contributed by atoms with van der Waals surface area (Å²) in [4.78, 5) is 20.9. The van der Waals surface area contributed by atoms with Gasteiger partial charge in [0.1, 0.15) is 5.52 Å². The number of hydrogen-bond acceptors (Lipinski definition) is 5. The lowest BCUT2D eigenvalue weighted by Crippen LogP contribution is -2.04. The van der Waals surface area contributed by atoms with Gasteiger partial charge in [-0.1, -0.05) is 42.5 Å². The molecule has 1 aliphatic rings. The summed E-state index contributed by atoms with van der Waals surface area (Å²) in [5, 5.41) is 0. The molecular weight excluding hydrogens is 352 g/mol. The van der Waals surface area contributed by atoms with Crippen LogP contribution in [0.5, 0.6) is 0 Å². The Morgan fingerprint density at radius 2 is 1.54 bits per heavy atom. The number of para-hydroxylation sites is 2. The van der Waals surface area contributed by atoms with E-state index in [1.54, 1.807) is 6.08 Å². The van der Waals surface area contributed by atoms with Gasteiger partial charge in [-0.3, -0.25) is 0 Å². The predicted octanol–water partition coefficient (Wildman–Crippen LogP) is 4.84. The van der Waals surface area contributed by atoms with E-state index < -0.39 is 5.97 Å². The van der Waals surface area contributed by atoms with Crippen LogP contribution < -0.4 is 0 Å².